The lowest BCUT2D eigenvalue weighted by atomic mass is 9.85. The number of benzene rings is 1. The van der Waals surface area contributed by atoms with E-state index in [1.807, 2.05) is 12.1 Å². The third-order valence-electron chi connectivity index (χ3n) is 3.85. The third kappa shape index (κ3) is 4.32. The largest absolute Gasteiger partial charge is 0.348 e. The van der Waals surface area contributed by atoms with Gasteiger partial charge in [0.1, 0.15) is 0 Å². The normalized spacial score (nSPS) is 12.6. The Bertz CT molecular complexity index is 678. The average molecular weight is 340 g/mol. The molecule has 0 heterocycles. The van der Waals surface area contributed by atoms with Crippen LogP contribution in [-0.2, 0) is 20.2 Å². The highest BCUT2D eigenvalue weighted by molar-refractivity contribution is 7.89. The minimum Gasteiger partial charge on any atom is -0.348 e. The van der Waals surface area contributed by atoms with E-state index in [0.717, 1.165) is 9.87 Å². The van der Waals surface area contributed by atoms with Gasteiger partial charge < -0.3 is 4.90 Å². The highest BCUT2D eigenvalue weighted by Crippen LogP contribution is 2.30. The van der Waals surface area contributed by atoms with Crippen LogP contribution in [0.3, 0.4) is 0 Å². The molecule has 1 aromatic rings. The standard InChI is InChI=1S/C17H28N2O3S/c1-12-9-14(17(3,4)5)10-13(2)16(12)23(21,22)19(8)11-15(20)18(6)7/h9-10H,11H2,1-8H3. The maximum Gasteiger partial charge on any atom is 0.243 e. The molecule has 0 aliphatic carbocycles. The summed E-state index contributed by atoms with van der Waals surface area (Å²) in [5, 5.41) is 0. The van der Waals surface area contributed by atoms with Crippen molar-refractivity contribution in [1.82, 2.24) is 9.21 Å². The molecule has 6 heteroatoms. The molecule has 130 valence electrons. The number of hydrogen-bond acceptors (Lipinski definition) is 3. The Morgan fingerprint density at radius 1 is 1.04 bits per heavy atom. The quantitative estimate of drug-likeness (QED) is 0.845. The van der Waals surface area contributed by atoms with Crippen LogP contribution >= 0.6 is 0 Å². The van der Waals surface area contributed by atoms with E-state index in [2.05, 4.69) is 20.8 Å². The number of aryl methyl sites for hydroxylation is 2. The lowest BCUT2D eigenvalue weighted by molar-refractivity contribution is -0.128. The second-order valence-electron chi connectivity index (χ2n) is 7.24. The van der Waals surface area contributed by atoms with E-state index >= 15 is 0 Å². The van der Waals surface area contributed by atoms with E-state index in [9.17, 15) is 13.2 Å². The summed E-state index contributed by atoms with van der Waals surface area (Å²) in [4.78, 5) is 13.5. The second kappa shape index (κ2) is 6.61. The molecule has 0 atom stereocenters. The average Bonchev–Trinajstić information content (AvgIpc) is 2.35. The molecule has 1 rings (SSSR count). The van der Waals surface area contributed by atoms with Crippen LogP contribution in [0, 0.1) is 13.8 Å². The predicted molar refractivity (Wildman–Crippen MR) is 93.1 cm³/mol. The molecule has 0 N–H and O–H groups in total. The Morgan fingerprint density at radius 3 is 1.83 bits per heavy atom. The third-order valence-corrected chi connectivity index (χ3v) is 5.96. The van der Waals surface area contributed by atoms with Gasteiger partial charge in [0.2, 0.25) is 15.9 Å². The number of hydrogen-bond donors (Lipinski definition) is 0. The molecule has 1 aromatic carbocycles. The van der Waals surface area contributed by atoms with Crippen LogP contribution < -0.4 is 0 Å². The van der Waals surface area contributed by atoms with Crippen molar-refractivity contribution in [3.63, 3.8) is 0 Å². The summed E-state index contributed by atoms with van der Waals surface area (Å²) in [5.41, 5.74) is 2.46. The van der Waals surface area contributed by atoms with Gasteiger partial charge in [-0.2, -0.15) is 4.31 Å². The fraction of sp³-hybridized carbons (Fsp3) is 0.588. The number of likely N-dealkylation sites (N-methyl/N-ethyl adjacent to an activating group) is 2. The Hall–Kier alpha value is -1.40. The van der Waals surface area contributed by atoms with Crippen molar-refractivity contribution < 1.29 is 13.2 Å². The Labute approximate surface area is 140 Å². The molecule has 23 heavy (non-hydrogen) atoms. The minimum atomic E-state index is -3.71. The molecule has 0 aliphatic rings. The Kier molecular flexibility index (Phi) is 5.65. The van der Waals surface area contributed by atoms with Crippen molar-refractivity contribution in [3.05, 3.63) is 28.8 Å². The van der Waals surface area contributed by atoms with Crippen LogP contribution in [0.4, 0.5) is 0 Å². The van der Waals surface area contributed by atoms with Crippen molar-refractivity contribution in [2.24, 2.45) is 0 Å². The van der Waals surface area contributed by atoms with Gasteiger partial charge in [0.25, 0.3) is 0 Å². The first-order chi connectivity index (χ1) is 10.3. The van der Waals surface area contributed by atoms with Crippen LogP contribution in [-0.4, -0.2) is 51.2 Å². The Morgan fingerprint density at radius 2 is 1.48 bits per heavy atom. The van der Waals surface area contributed by atoms with Gasteiger partial charge in [-0.25, -0.2) is 8.42 Å². The van der Waals surface area contributed by atoms with E-state index in [1.54, 1.807) is 27.9 Å². The van der Waals surface area contributed by atoms with Crippen molar-refractivity contribution in [2.45, 2.75) is 44.9 Å². The topological polar surface area (TPSA) is 57.7 Å². The van der Waals surface area contributed by atoms with Crippen LogP contribution in [0.25, 0.3) is 0 Å². The summed E-state index contributed by atoms with van der Waals surface area (Å²) in [6.07, 6.45) is 0. The van der Waals surface area contributed by atoms with Gasteiger partial charge in [-0.1, -0.05) is 32.9 Å². The van der Waals surface area contributed by atoms with Crippen molar-refractivity contribution >= 4 is 15.9 Å². The zero-order valence-corrected chi connectivity index (χ0v) is 16.2. The number of carbonyl (C=O) groups excluding carboxylic acids is 1. The molecular formula is C17H28N2O3S. The lowest BCUT2D eigenvalue weighted by Crippen LogP contribution is -2.38. The van der Waals surface area contributed by atoms with E-state index in [-0.39, 0.29) is 17.9 Å². The molecule has 0 aromatic heterocycles. The van der Waals surface area contributed by atoms with E-state index in [4.69, 9.17) is 0 Å². The SMILES string of the molecule is Cc1cc(C(C)(C)C)cc(C)c1S(=O)(=O)N(C)CC(=O)N(C)C. The van der Waals surface area contributed by atoms with Crippen molar-refractivity contribution in [1.29, 1.82) is 0 Å². The van der Waals surface area contributed by atoms with Gasteiger partial charge >= 0.3 is 0 Å². The number of sulfonamides is 1. The molecule has 0 bridgehead atoms. The first kappa shape index (κ1) is 19.6. The highest BCUT2D eigenvalue weighted by Gasteiger charge is 2.28. The molecule has 0 radical (unpaired) electrons. The molecule has 5 nitrogen and oxygen atoms in total. The van der Waals surface area contributed by atoms with Crippen molar-refractivity contribution in [3.8, 4) is 0 Å². The minimum absolute atomic E-state index is 0.0510. The van der Waals surface area contributed by atoms with Crippen LogP contribution in [0.15, 0.2) is 17.0 Å². The molecule has 1 amide bonds. The Balaban J connectivity index is 3.32. The number of rotatable bonds is 4. The van der Waals surface area contributed by atoms with Gasteiger partial charge in [-0.05, 0) is 36.0 Å². The van der Waals surface area contributed by atoms with Gasteiger partial charge in [0.05, 0.1) is 11.4 Å². The molecule has 0 spiro atoms. The molecule has 0 fully saturated rings. The number of amides is 1. The van der Waals surface area contributed by atoms with Crippen molar-refractivity contribution in [2.75, 3.05) is 27.7 Å². The monoisotopic (exact) mass is 340 g/mol. The highest BCUT2D eigenvalue weighted by atomic mass is 32.2. The maximum absolute atomic E-state index is 12.8. The number of carbonyl (C=O) groups is 1. The van der Waals surface area contributed by atoms with E-state index in [1.165, 1.54) is 11.9 Å². The summed E-state index contributed by atoms with van der Waals surface area (Å²) in [5.74, 6) is -0.252. The zero-order valence-electron chi connectivity index (χ0n) is 15.4. The van der Waals surface area contributed by atoms with Crippen LogP contribution in [0.2, 0.25) is 0 Å². The zero-order chi connectivity index (χ0) is 18.2. The molecule has 0 saturated heterocycles. The molecule has 0 aliphatic heterocycles. The van der Waals surface area contributed by atoms with Crippen LogP contribution in [0.1, 0.15) is 37.5 Å². The van der Waals surface area contributed by atoms with Gasteiger partial charge in [0, 0.05) is 21.1 Å². The summed E-state index contributed by atoms with van der Waals surface area (Å²) in [7, 11) is 0.950. The van der Waals surface area contributed by atoms with Crippen LogP contribution in [0.5, 0.6) is 0 Å². The maximum atomic E-state index is 12.8. The fourth-order valence-electron chi connectivity index (χ4n) is 2.36. The van der Waals surface area contributed by atoms with Gasteiger partial charge in [0.15, 0.2) is 0 Å². The fourth-order valence-corrected chi connectivity index (χ4v) is 3.89. The summed E-state index contributed by atoms with van der Waals surface area (Å²) < 4.78 is 26.8. The first-order valence-corrected chi connectivity index (χ1v) is 9.00. The molecular weight excluding hydrogens is 312 g/mol. The predicted octanol–water partition coefficient (Wildman–Crippen LogP) is 2.31. The lowest BCUT2D eigenvalue weighted by Gasteiger charge is -2.24. The first-order valence-electron chi connectivity index (χ1n) is 7.56. The molecule has 0 saturated carbocycles. The second-order valence-corrected chi connectivity index (χ2v) is 9.22. The van der Waals surface area contributed by atoms with Gasteiger partial charge in [-0.3, -0.25) is 4.79 Å². The smallest absolute Gasteiger partial charge is 0.243 e. The van der Waals surface area contributed by atoms with Gasteiger partial charge in [-0.15, -0.1) is 0 Å². The number of nitrogens with zero attached hydrogens (tertiary/aromatic N) is 2. The van der Waals surface area contributed by atoms with E-state index < -0.39 is 10.0 Å². The van der Waals surface area contributed by atoms with E-state index in [0.29, 0.717) is 16.0 Å². The summed E-state index contributed by atoms with van der Waals surface area (Å²) in [6, 6.07) is 3.84. The summed E-state index contributed by atoms with van der Waals surface area (Å²) >= 11 is 0. The molecule has 0 unspecified atom stereocenters. The summed E-state index contributed by atoms with van der Waals surface area (Å²) in [6.45, 7) is 9.72.